The first-order chi connectivity index (χ1) is 6.72. The van der Waals surface area contributed by atoms with Crippen LogP contribution in [0.25, 0.3) is 0 Å². The number of ether oxygens (including phenoxy) is 2. The van der Waals surface area contributed by atoms with Gasteiger partial charge in [-0.15, -0.1) is 0 Å². The zero-order valence-electron chi connectivity index (χ0n) is 9.29. The Morgan fingerprint density at radius 3 is 2.71 bits per heavy atom. The third kappa shape index (κ3) is 6.52. The lowest BCUT2D eigenvalue weighted by Gasteiger charge is -2.05. The van der Waals surface area contributed by atoms with Crippen LogP contribution in [0.5, 0.6) is 0 Å². The summed E-state index contributed by atoms with van der Waals surface area (Å²) in [6, 6.07) is 0. The molecule has 0 spiro atoms. The zero-order valence-corrected chi connectivity index (χ0v) is 9.29. The molecule has 3 nitrogen and oxygen atoms in total. The Kier molecular flexibility index (Phi) is 7.99. The molecule has 0 aliphatic carbocycles. The van der Waals surface area contributed by atoms with E-state index in [0.717, 1.165) is 12.8 Å². The van der Waals surface area contributed by atoms with Gasteiger partial charge in [-0.1, -0.05) is 13.3 Å². The van der Waals surface area contributed by atoms with E-state index in [1.807, 2.05) is 0 Å². The summed E-state index contributed by atoms with van der Waals surface area (Å²) in [5.74, 6) is -0.431. The lowest BCUT2D eigenvalue weighted by Crippen LogP contribution is -2.12. The predicted molar refractivity (Wildman–Crippen MR) is 55.8 cm³/mol. The van der Waals surface area contributed by atoms with Crippen LogP contribution in [0.15, 0.2) is 12.3 Å². The van der Waals surface area contributed by atoms with E-state index in [4.69, 9.17) is 9.47 Å². The van der Waals surface area contributed by atoms with Crippen molar-refractivity contribution in [3.63, 3.8) is 0 Å². The van der Waals surface area contributed by atoms with Crippen LogP contribution in [0.1, 0.15) is 33.6 Å². The van der Waals surface area contributed by atoms with Crippen molar-refractivity contribution < 1.29 is 14.3 Å². The molecule has 0 rings (SSSR count). The van der Waals surface area contributed by atoms with Gasteiger partial charge in [0.25, 0.3) is 0 Å². The molecule has 0 N–H and O–H groups in total. The summed E-state index contributed by atoms with van der Waals surface area (Å²) in [6.07, 6.45) is 5.45. The number of carbonyl (C=O) groups excluding carboxylic acids is 1. The predicted octanol–water partition coefficient (Wildman–Crippen LogP) is 2.52. The number of carbonyl (C=O) groups is 1. The van der Waals surface area contributed by atoms with Crippen molar-refractivity contribution in [3.8, 4) is 0 Å². The first-order valence-electron chi connectivity index (χ1n) is 5.17. The van der Waals surface area contributed by atoms with Gasteiger partial charge in [0.2, 0.25) is 0 Å². The Hall–Kier alpha value is -0.990. The van der Waals surface area contributed by atoms with E-state index in [-0.39, 0.29) is 11.9 Å². The normalized spacial score (nSPS) is 12.8. The minimum Gasteiger partial charge on any atom is -0.502 e. The van der Waals surface area contributed by atoms with Crippen LogP contribution >= 0.6 is 0 Å². The molecule has 14 heavy (non-hydrogen) atoms. The fourth-order valence-corrected chi connectivity index (χ4v) is 0.821. The number of rotatable bonds is 7. The van der Waals surface area contributed by atoms with Crippen molar-refractivity contribution in [2.75, 3.05) is 13.2 Å². The van der Waals surface area contributed by atoms with Gasteiger partial charge in [-0.05, 0) is 26.3 Å². The number of hydrogen-bond donors (Lipinski definition) is 0. The maximum Gasteiger partial charge on any atom is 0.312 e. The van der Waals surface area contributed by atoms with Crippen molar-refractivity contribution in [1.29, 1.82) is 0 Å². The molecule has 0 radical (unpaired) electrons. The molecular formula is C11H20O3. The standard InChI is InChI=1S/C11H20O3/c1-4-6-8-13-9-7-10(3)11(12)14-5-2/h7,9-10H,4-6,8H2,1-3H3/b9-7+. The van der Waals surface area contributed by atoms with Crippen LogP contribution in [0.2, 0.25) is 0 Å². The van der Waals surface area contributed by atoms with Gasteiger partial charge in [0, 0.05) is 0 Å². The molecule has 82 valence electrons. The average Bonchev–Trinajstić information content (AvgIpc) is 2.17. The Bertz CT molecular complexity index is 175. The summed E-state index contributed by atoms with van der Waals surface area (Å²) in [7, 11) is 0. The van der Waals surface area contributed by atoms with Gasteiger partial charge in [0.1, 0.15) is 0 Å². The first-order valence-corrected chi connectivity index (χ1v) is 5.17. The molecule has 3 heteroatoms. The average molecular weight is 200 g/mol. The molecule has 0 amide bonds. The molecule has 1 atom stereocenters. The SMILES string of the molecule is CCCCO/C=C/C(C)C(=O)OCC. The molecular weight excluding hydrogens is 180 g/mol. The smallest absolute Gasteiger partial charge is 0.312 e. The largest absolute Gasteiger partial charge is 0.502 e. The summed E-state index contributed by atoms with van der Waals surface area (Å²) in [6.45, 7) is 6.83. The Labute approximate surface area is 86.1 Å². The monoisotopic (exact) mass is 200 g/mol. The molecule has 0 aromatic rings. The fourth-order valence-electron chi connectivity index (χ4n) is 0.821. The van der Waals surface area contributed by atoms with Gasteiger partial charge in [-0.2, -0.15) is 0 Å². The van der Waals surface area contributed by atoms with Crippen LogP contribution in [-0.2, 0) is 14.3 Å². The lowest BCUT2D eigenvalue weighted by molar-refractivity contribution is -0.145. The molecule has 0 saturated carbocycles. The van der Waals surface area contributed by atoms with Gasteiger partial charge < -0.3 is 9.47 Å². The van der Waals surface area contributed by atoms with Crippen LogP contribution in [0.3, 0.4) is 0 Å². The van der Waals surface area contributed by atoms with Gasteiger partial charge in [0.05, 0.1) is 25.4 Å². The van der Waals surface area contributed by atoms with Crippen molar-refractivity contribution >= 4 is 5.97 Å². The molecule has 0 aromatic heterocycles. The second-order valence-corrected chi connectivity index (χ2v) is 3.09. The van der Waals surface area contributed by atoms with E-state index < -0.39 is 0 Å². The van der Waals surface area contributed by atoms with Crippen LogP contribution in [0, 0.1) is 5.92 Å². The number of hydrogen-bond acceptors (Lipinski definition) is 3. The summed E-state index contributed by atoms with van der Waals surface area (Å²) < 4.78 is 10.0. The zero-order chi connectivity index (χ0) is 10.8. The molecule has 0 aliphatic heterocycles. The molecule has 0 saturated heterocycles. The molecule has 0 heterocycles. The summed E-state index contributed by atoms with van der Waals surface area (Å²) in [5, 5.41) is 0. The summed E-state index contributed by atoms with van der Waals surface area (Å²) in [5.41, 5.74) is 0. The second kappa shape index (κ2) is 8.60. The Morgan fingerprint density at radius 2 is 2.14 bits per heavy atom. The highest BCUT2D eigenvalue weighted by molar-refractivity contribution is 5.73. The summed E-state index contributed by atoms with van der Waals surface area (Å²) in [4.78, 5) is 11.1. The molecule has 0 bridgehead atoms. The van der Waals surface area contributed by atoms with Crippen molar-refractivity contribution in [2.45, 2.75) is 33.6 Å². The van der Waals surface area contributed by atoms with E-state index >= 15 is 0 Å². The van der Waals surface area contributed by atoms with Gasteiger partial charge >= 0.3 is 5.97 Å². The topological polar surface area (TPSA) is 35.5 Å². The first kappa shape index (κ1) is 13.0. The third-order valence-corrected chi connectivity index (χ3v) is 1.74. The summed E-state index contributed by atoms with van der Waals surface area (Å²) >= 11 is 0. The minimum absolute atomic E-state index is 0.206. The van der Waals surface area contributed by atoms with Crippen LogP contribution < -0.4 is 0 Å². The van der Waals surface area contributed by atoms with Crippen LogP contribution in [-0.4, -0.2) is 19.2 Å². The molecule has 1 unspecified atom stereocenters. The molecule has 0 aromatic carbocycles. The lowest BCUT2D eigenvalue weighted by atomic mass is 10.2. The maximum atomic E-state index is 11.1. The highest BCUT2D eigenvalue weighted by atomic mass is 16.5. The molecule has 0 fully saturated rings. The second-order valence-electron chi connectivity index (χ2n) is 3.09. The Morgan fingerprint density at radius 1 is 1.43 bits per heavy atom. The third-order valence-electron chi connectivity index (χ3n) is 1.74. The van der Waals surface area contributed by atoms with Gasteiger partial charge in [-0.25, -0.2) is 0 Å². The number of esters is 1. The minimum atomic E-state index is -0.225. The fraction of sp³-hybridized carbons (Fsp3) is 0.727. The van der Waals surface area contributed by atoms with E-state index in [1.54, 1.807) is 26.2 Å². The van der Waals surface area contributed by atoms with Crippen molar-refractivity contribution in [2.24, 2.45) is 5.92 Å². The quantitative estimate of drug-likeness (QED) is 0.360. The van der Waals surface area contributed by atoms with Crippen LogP contribution in [0.4, 0.5) is 0 Å². The highest BCUT2D eigenvalue weighted by Gasteiger charge is 2.09. The van der Waals surface area contributed by atoms with Crippen molar-refractivity contribution in [3.05, 3.63) is 12.3 Å². The van der Waals surface area contributed by atoms with Gasteiger partial charge in [0.15, 0.2) is 0 Å². The maximum absolute atomic E-state index is 11.1. The highest BCUT2D eigenvalue weighted by Crippen LogP contribution is 2.01. The van der Waals surface area contributed by atoms with E-state index in [1.165, 1.54) is 0 Å². The molecule has 0 aliphatic rings. The van der Waals surface area contributed by atoms with E-state index in [2.05, 4.69) is 6.92 Å². The number of unbranched alkanes of at least 4 members (excludes halogenated alkanes) is 1. The Balaban J connectivity index is 3.59. The van der Waals surface area contributed by atoms with Gasteiger partial charge in [-0.3, -0.25) is 4.79 Å². The van der Waals surface area contributed by atoms with Crippen molar-refractivity contribution in [1.82, 2.24) is 0 Å². The van der Waals surface area contributed by atoms with E-state index in [9.17, 15) is 4.79 Å². The van der Waals surface area contributed by atoms with E-state index in [0.29, 0.717) is 13.2 Å².